The maximum atomic E-state index is 13.7. The highest BCUT2D eigenvalue weighted by atomic mass is 79.9. The first-order valence-electron chi connectivity index (χ1n) is 11.4. The first-order valence-corrected chi connectivity index (χ1v) is 14.1. The number of rotatable bonds is 3. The van der Waals surface area contributed by atoms with Crippen molar-refractivity contribution in [3.63, 3.8) is 0 Å². The molecule has 0 aromatic heterocycles. The van der Waals surface area contributed by atoms with Crippen molar-refractivity contribution in [3.8, 4) is 11.5 Å². The normalized spacial score (nSPS) is 34.1. The Hall–Kier alpha value is -2.15. The Balaban J connectivity index is 1.75. The number of phenols is 1. The molecule has 3 fully saturated rings. The van der Waals surface area contributed by atoms with E-state index in [1.807, 2.05) is 0 Å². The van der Waals surface area contributed by atoms with E-state index >= 15 is 0 Å². The van der Waals surface area contributed by atoms with Crippen LogP contribution in [0.2, 0.25) is 0 Å². The molecular weight excluding hydrogens is 675 g/mol. The van der Waals surface area contributed by atoms with Crippen molar-refractivity contribution >= 4 is 84.8 Å². The van der Waals surface area contributed by atoms with E-state index in [4.69, 9.17) is 27.9 Å². The number of carbonyl (C=O) groups is 5. The van der Waals surface area contributed by atoms with Crippen LogP contribution in [0.4, 0.5) is 4.79 Å². The van der Waals surface area contributed by atoms with Crippen LogP contribution in [0.15, 0.2) is 28.3 Å². The van der Waals surface area contributed by atoms with Crippen LogP contribution in [-0.2, 0) is 23.9 Å². The summed E-state index contributed by atoms with van der Waals surface area (Å²) in [6, 6.07) is 3.02. The molecule has 0 bridgehead atoms. The third kappa shape index (κ3) is 3.32. The van der Waals surface area contributed by atoms with Crippen LogP contribution >= 0.6 is 55.1 Å². The lowest BCUT2D eigenvalue weighted by atomic mass is 9.56. The molecule has 4 aliphatic rings. The lowest BCUT2D eigenvalue weighted by Crippen LogP contribution is -2.60. The Morgan fingerprint density at radius 1 is 1.13 bits per heavy atom. The highest BCUT2D eigenvalue weighted by Gasteiger charge is 2.76. The Kier molecular flexibility index (Phi) is 6.64. The highest BCUT2D eigenvalue weighted by molar-refractivity contribution is 9.10. The molecule has 202 valence electrons. The fourth-order valence-electron chi connectivity index (χ4n) is 6.31. The predicted molar refractivity (Wildman–Crippen MR) is 140 cm³/mol. The van der Waals surface area contributed by atoms with Crippen LogP contribution in [0, 0.1) is 17.8 Å². The standard InChI is InChI=1S/C24H20Br2Cl2N2O8/c1-37-14-6-9(5-13(26)17(14)31)16-10-3-4-11-15(19(33)30(18(11)32)22(36)38-2)12(10)7-23(27)20(34)29(8-25)21(35)24(16,23)28/h3,5-6,11-12,15-16,31H,4,7-8H2,1-2H3/t11-,12+,15-,16-,23+,24-/m0/s1. The maximum absolute atomic E-state index is 13.7. The quantitative estimate of drug-likeness (QED) is 0.220. The SMILES string of the molecule is COC(=O)N1C(=O)[C@H]2[C@H](CC=C3[C@H]2C[C@@]2(Cl)C(=O)N(CBr)C(=O)[C@@]2(Cl)[C@H]3c2cc(Br)c(O)c(OC)c2)C1=O. The number of amides is 5. The molecule has 5 amide bonds. The van der Waals surface area contributed by atoms with Crippen molar-refractivity contribution in [2.75, 3.05) is 19.7 Å². The topological polar surface area (TPSA) is 131 Å². The lowest BCUT2D eigenvalue weighted by Gasteiger charge is -2.50. The molecule has 2 aliphatic heterocycles. The van der Waals surface area contributed by atoms with E-state index in [2.05, 4.69) is 36.6 Å². The monoisotopic (exact) mass is 692 g/mol. The minimum absolute atomic E-state index is 0.0735. The largest absolute Gasteiger partial charge is 0.503 e. The van der Waals surface area contributed by atoms with E-state index in [0.29, 0.717) is 16.0 Å². The van der Waals surface area contributed by atoms with E-state index < -0.39 is 63.1 Å². The second kappa shape index (κ2) is 9.21. The number of imide groups is 4. The van der Waals surface area contributed by atoms with E-state index in [1.165, 1.54) is 19.2 Å². The molecule has 1 N–H and O–H groups in total. The van der Waals surface area contributed by atoms with Gasteiger partial charge in [0.25, 0.3) is 11.8 Å². The molecule has 38 heavy (non-hydrogen) atoms. The Morgan fingerprint density at radius 3 is 2.42 bits per heavy atom. The van der Waals surface area contributed by atoms with Crippen LogP contribution in [-0.4, -0.2) is 74.1 Å². The molecule has 5 rings (SSSR count). The van der Waals surface area contributed by atoms with Gasteiger partial charge in [-0.1, -0.05) is 27.6 Å². The number of benzene rings is 1. The number of hydrogen-bond acceptors (Lipinski definition) is 8. The molecule has 0 radical (unpaired) electrons. The van der Waals surface area contributed by atoms with Gasteiger partial charge in [-0.2, -0.15) is 4.90 Å². The minimum atomic E-state index is -2.01. The summed E-state index contributed by atoms with van der Waals surface area (Å²) < 4.78 is 10.2. The Morgan fingerprint density at radius 2 is 1.82 bits per heavy atom. The van der Waals surface area contributed by atoms with E-state index in [1.54, 1.807) is 6.08 Å². The van der Waals surface area contributed by atoms with Crippen LogP contribution in [0.3, 0.4) is 0 Å². The van der Waals surface area contributed by atoms with Gasteiger partial charge in [-0.3, -0.25) is 24.1 Å². The molecular formula is C24H20Br2Cl2N2O8. The average molecular weight is 695 g/mol. The summed E-state index contributed by atoms with van der Waals surface area (Å²) in [6.45, 7) is 0. The predicted octanol–water partition coefficient (Wildman–Crippen LogP) is 3.64. The number of nitrogens with zero attached hydrogens (tertiary/aromatic N) is 2. The molecule has 2 saturated heterocycles. The molecule has 14 heteroatoms. The van der Waals surface area contributed by atoms with Gasteiger partial charge >= 0.3 is 6.09 Å². The van der Waals surface area contributed by atoms with Crippen molar-refractivity contribution in [2.45, 2.75) is 28.5 Å². The summed E-state index contributed by atoms with van der Waals surface area (Å²) in [4.78, 5) is 63.5. The molecule has 2 heterocycles. The number of methoxy groups -OCH3 is 2. The highest BCUT2D eigenvalue weighted by Crippen LogP contribution is 2.66. The summed E-state index contributed by atoms with van der Waals surface area (Å²) in [5.41, 5.74) is 0.759. The average Bonchev–Trinajstić information content (AvgIpc) is 3.23. The van der Waals surface area contributed by atoms with Crippen LogP contribution in [0.5, 0.6) is 11.5 Å². The molecule has 1 aromatic rings. The number of fused-ring (bicyclic) bond motifs is 4. The molecule has 10 nitrogen and oxygen atoms in total. The summed E-state index contributed by atoms with van der Waals surface area (Å²) in [5, 5.41) is 10.4. The number of allylic oxidation sites excluding steroid dienone is 2. The van der Waals surface area contributed by atoms with Crippen molar-refractivity contribution in [1.29, 1.82) is 0 Å². The second-order valence-corrected chi connectivity index (χ2v) is 12.1. The van der Waals surface area contributed by atoms with Crippen molar-refractivity contribution < 1.29 is 38.6 Å². The Labute approximate surface area is 243 Å². The zero-order valence-electron chi connectivity index (χ0n) is 19.9. The summed E-state index contributed by atoms with van der Waals surface area (Å²) in [5.74, 6) is -6.81. The third-order valence-corrected chi connectivity index (χ3v) is 10.5. The van der Waals surface area contributed by atoms with Crippen LogP contribution < -0.4 is 4.74 Å². The van der Waals surface area contributed by atoms with Gasteiger partial charge in [0.15, 0.2) is 21.2 Å². The number of likely N-dealkylation sites (tertiary alicyclic amines) is 2. The van der Waals surface area contributed by atoms with Crippen molar-refractivity contribution in [2.24, 2.45) is 17.8 Å². The molecule has 1 saturated carbocycles. The fourth-order valence-corrected chi connectivity index (χ4v) is 8.20. The number of phenolic OH excluding ortho intramolecular Hbond substituents is 1. The molecule has 2 aliphatic carbocycles. The van der Waals surface area contributed by atoms with Gasteiger partial charge in [-0.25, -0.2) is 4.79 Å². The molecule has 0 unspecified atom stereocenters. The van der Waals surface area contributed by atoms with Gasteiger partial charge in [0.05, 0.1) is 36.0 Å². The molecule has 6 atom stereocenters. The molecule has 0 spiro atoms. The number of hydrogen-bond donors (Lipinski definition) is 1. The Bertz CT molecular complexity index is 1350. The van der Waals surface area contributed by atoms with Crippen LogP contribution in [0.1, 0.15) is 24.3 Å². The summed E-state index contributed by atoms with van der Waals surface area (Å²) in [6.07, 6.45) is 0.499. The number of alkyl halides is 3. The lowest BCUT2D eigenvalue weighted by molar-refractivity contribution is -0.140. The van der Waals surface area contributed by atoms with Crippen molar-refractivity contribution in [1.82, 2.24) is 9.80 Å². The van der Waals surface area contributed by atoms with E-state index in [0.717, 1.165) is 12.0 Å². The number of carbonyl (C=O) groups excluding carboxylic acids is 5. The maximum Gasteiger partial charge on any atom is 0.423 e. The number of aromatic hydroxyl groups is 1. The summed E-state index contributed by atoms with van der Waals surface area (Å²) in [7, 11) is 2.41. The van der Waals surface area contributed by atoms with Gasteiger partial charge in [0, 0.05) is 5.92 Å². The zero-order valence-corrected chi connectivity index (χ0v) is 24.6. The first-order chi connectivity index (χ1) is 17.9. The van der Waals surface area contributed by atoms with Gasteiger partial charge in [-0.05, 0) is 52.4 Å². The summed E-state index contributed by atoms with van der Waals surface area (Å²) >= 11 is 20.7. The van der Waals surface area contributed by atoms with Crippen molar-refractivity contribution in [3.05, 3.63) is 33.8 Å². The zero-order chi connectivity index (χ0) is 27.9. The van der Waals surface area contributed by atoms with Gasteiger partial charge in [-0.15, -0.1) is 23.2 Å². The van der Waals surface area contributed by atoms with Gasteiger partial charge < -0.3 is 14.6 Å². The smallest absolute Gasteiger partial charge is 0.423 e. The van der Waals surface area contributed by atoms with E-state index in [-0.39, 0.29) is 34.3 Å². The van der Waals surface area contributed by atoms with Crippen LogP contribution in [0.25, 0.3) is 0 Å². The minimum Gasteiger partial charge on any atom is -0.503 e. The molecule has 1 aromatic carbocycles. The van der Waals surface area contributed by atoms with Gasteiger partial charge in [0.1, 0.15) is 0 Å². The second-order valence-electron chi connectivity index (χ2n) is 9.52. The first kappa shape index (κ1) is 27.4. The van der Waals surface area contributed by atoms with E-state index in [9.17, 15) is 29.1 Å². The number of ether oxygens (including phenoxy) is 2. The third-order valence-electron chi connectivity index (χ3n) is 7.98. The van der Waals surface area contributed by atoms with Gasteiger partial charge in [0.2, 0.25) is 11.8 Å². The number of halogens is 4. The fraction of sp³-hybridized carbons (Fsp3) is 0.458.